The van der Waals surface area contributed by atoms with Crippen molar-refractivity contribution in [1.82, 2.24) is 15.2 Å². The Hall–Kier alpha value is -2.98. The van der Waals surface area contributed by atoms with E-state index in [0.717, 1.165) is 16.2 Å². The highest BCUT2D eigenvalue weighted by molar-refractivity contribution is 8.00. The number of nitrogens with one attached hydrogen (secondary N) is 1. The van der Waals surface area contributed by atoms with E-state index in [2.05, 4.69) is 22.0 Å². The zero-order valence-electron chi connectivity index (χ0n) is 14.6. The lowest BCUT2D eigenvalue weighted by atomic mass is 10.0. The van der Waals surface area contributed by atoms with Gasteiger partial charge in [0.25, 0.3) is 11.8 Å². The fourth-order valence-electron chi connectivity index (χ4n) is 2.62. The summed E-state index contributed by atoms with van der Waals surface area (Å²) in [4.78, 5) is 41.2. The maximum Gasteiger partial charge on any atom is 0.352 e. The van der Waals surface area contributed by atoms with Gasteiger partial charge in [0.1, 0.15) is 22.8 Å². The van der Waals surface area contributed by atoms with Crippen LogP contribution in [0.25, 0.3) is 0 Å². The molecule has 1 unspecified atom stereocenters. The molecule has 1 aromatic rings. The average molecular weight is 449 g/mol. The molecule has 0 aromatic carbocycles. The molecule has 3 heterocycles. The van der Waals surface area contributed by atoms with Gasteiger partial charge in [-0.25, -0.2) is 9.78 Å². The topological polar surface area (TPSA) is 253 Å². The van der Waals surface area contributed by atoms with Gasteiger partial charge in [-0.05, 0) is 5.57 Å². The summed E-state index contributed by atoms with van der Waals surface area (Å²) in [6.45, 7) is 3.56. The molecule has 1 aromatic heterocycles. The SMILES string of the molecule is C=CC1=C(C(=O)O)N2C(=O)C(NC(=O)/C(=N\O)c3csc(N)n3)[C@H]2SC1.O.O.O. The summed E-state index contributed by atoms with van der Waals surface area (Å²) in [6.07, 6.45) is 1.40. The molecule has 1 fully saturated rings. The first kappa shape index (κ1) is 26.0. The van der Waals surface area contributed by atoms with Crippen molar-refractivity contribution >= 4 is 51.7 Å². The minimum atomic E-state index is -1.24. The Morgan fingerprint density at radius 2 is 2.07 bits per heavy atom. The van der Waals surface area contributed by atoms with Gasteiger partial charge in [0.2, 0.25) is 0 Å². The summed E-state index contributed by atoms with van der Waals surface area (Å²) in [5.41, 5.74) is 5.49. The standard InChI is InChI=1S/C14H13N5O5S2.3H2O/c1-2-5-3-25-12-8(11(21)19(12)9(5)13(22)23)17-10(20)7(18-24)6-4-26-14(15)16-6;;;/h2,4,8,12,24H,1,3H2,(H2,15,16)(H,17,20)(H,22,23);3*1H2/b18-7-;;;/t8?,12-;;;/m1.../s1. The Morgan fingerprint density at radius 1 is 1.41 bits per heavy atom. The second-order valence-electron chi connectivity index (χ2n) is 5.26. The number of fused-ring (bicyclic) bond motifs is 1. The molecule has 3 rings (SSSR count). The van der Waals surface area contributed by atoms with Crippen molar-refractivity contribution in [2.75, 3.05) is 11.5 Å². The van der Waals surface area contributed by atoms with Gasteiger partial charge < -0.3 is 37.8 Å². The number of β-lactam (4-membered cyclic amide) rings is 1. The first-order valence-corrected chi connectivity index (χ1v) is 9.09. The molecule has 2 amide bonds. The molecule has 0 bridgehead atoms. The maximum absolute atomic E-state index is 12.4. The molecular formula is C14H19N5O8S2. The summed E-state index contributed by atoms with van der Waals surface area (Å²) in [5.74, 6) is -2.27. The molecule has 1 saturated heterocycles. The molecule has 0 saturated carbocycles. The number of aliphatic carboxylic acids is 1. The number of hydrogen-bond acceptors (Lipinski definition) is 9. The van der Waals surface area contributed by atoms with Gasteiger partial charge in [-0.1, -0.05) is 17.8 Å². The average Bonchev–Trinajstić information content (AvgIpc) is 3.04. The molecule has 0 aliphatic carbocycles. The number of nitrogens with zero attached hydrogens (tertiary/aromatic N) is 3. The molecule has 29 heavy (non-hydrogen) atoms. The molecule has 11 N–H and O–H groups in total. The van der Waals surface area contributed by atoms with Gasteiger partial charge >= 0.3 is 5.97 Å². The molecule has 2 atom stereocenters. The van der Waals surface area contributed by atoms with Crippen LogP contribution >= 0.6 is 23.1 Å². The number of rotatable bonds is 5. The lowest BCUT2D eigenvalue weighted by Crippen LogP contribution is -2.71. The minimum Gasteiger partial charge on any atom is -0.477 e. The normalized spacial score (nSPS) is 20.2. The van der Waals surface area contributed by atoms with E-state index in [9.17, 15) is 19.5 Å². The van der Waals surface area contributed by atoms with Gasteiger partial charge in [0.15, 0.2) is 10.8 Å². The summed E-state index contributed by atoms with van der Waals surface area (Å²) in [6, 6.07) is -0.944. The molecule has 13 nitrogen and oxygen atoms in total. The van der Waals surface area contributed by atoms with Crippen molar-refractivity contribution in [3.05, 3.63) is 35.0 Å². The highest BCUT2D eigenvalue weighted by Crippen LogP contribution is 2.40. The number of allylic oxidation sites excluding steroid dienone is 1. The van der Waals surface area contributed by atoms with Crippen molar-refractivity contribution in [3.8, 4) is 0 Å². The van der Waals surface area contributed by atoms with Crippen molar-refractivity contribution in [2.24, 2.45) is 5.16 Å². The van der Waals surface area contributed by atoms with Crippen LogP contribution in [0.15, 0.2) is 34.5 Å². The van der Waals surface area contributed by atoms with E-state index in [1.54, 1.807) is 0 Å². The largest absolute Gasteiger partial charge is 0.477 e. The number of carboxylic acid groups (broad SMARTS) is 1. The van der Waals surface area contributed by atoms with Crippen LogP contribution in [0, 0.1) is 0 Å². The monoisotopic (exact) mass is 449 g/mol. The predicted octanol–water partition coefficient (Wildman–Crippen LogP) is -2.65. The number of aromatic nitrogens is 1. The third kappa shape index (κ3) is 4.38. The number of anilines is 1. The molecule has 2 aliphatic rings. The third-order valence-corrected chi connectivity index (χ3v) is 5.79. The number of carboxylic acids is 1. The van der Waals surface area contributed by atoms with E-state index < -0.39 is 29.2 Å². The number of hydrogen-bond donors (Lipinski definition) is 4. The molecular weight excluding hydrogens is 430 g/mol. The quantitative estimate of drug-likeness (QED) is 0.159. The Balaban J connectivity index is 0.00000261. The van der Waals surface area contributed by atoms with E-state index in [1.165, 1.54) is 23.2 Å². The smallest absolute Gasteiger partial charge is 0.352 e. The van der Waals surface area contributed by atoms with Crippen LogP contribution in [0.5, 0.6) is 0 Å². The lowest BCUT2D eigenvalue weighted by Gasteiger charge is -2.49. The molecule has 2 aliphatic heterocycles. The van der Waals surface area contributed by atoms with E-state index in [0.29, 0.717) is 11.3 Å². The highest BCUT2D eigenvalue weighted by Gasteiger charge is 2.54. The number of carbonyl (C=O) groups is 3. The number of thiazole rings is 1. The fraction of sp³-hybridized carbons (Fsp3) is 0.214. The van der Waals surface area contributed by atoms with Crippen molar-refractivity contribution in [3.63, 3.8) is 0 Å². The number of nitrogens with two attached hydrogens (primary N) is 1. The van der Waals surface area contributed by atoms with Crippen LogP contribution in [-0.4, -0.2) is 77.3 Å². The van der Waals surface area contributed by atoms with E-state index in [1.807, 2.05) is 0 Å². The van der Waals surface area contributed by atoms with Crippen molar-refractivity contribution < 1.29 is 41.1 Å². The van der Waals surface area contributed by atoms with Crippen LogP contribution in [0.2, 0.25) is 0 Å². The van der Waals surface area contributed by atoms with Crippen molar-refractivity contribution in [1.29, 1.82) is 0 Å². The number of amides is 2. The van der Waals surface area contributed by atoms with Gasteiger partial charge in [-0.3, -0.25) is 14.5 Å². The third-order valence-electron chi connectivity index (χ3n) is 3.81. The highest BCUT2D eigenvalue weighted by atomic mass is 32.2. The number of nitrogen functional groups attached to an aromatic ring is 1. The fourth-order valence-corrected chi connectivity index (χ4v) is 4.51. The Kier molecular flexibility index (Phi) is 8.96. The zero-order valence-corrected chi connectivity index (χ0v) is 16.2. The van der Waals surface area contributed by atoms with E-state index >= 15 is 0 Å². The van der Waals surface area contributed by atoms with Gasteiger partial charge in [-0.15, -0.1) is 23.1 Å². The lowest BCUT2D eigenvalue weighted by molar-refractivity contribution is -0.150. The van der Waals surface area contributed by atoms with E-state index in [4.69, 9.17) is 10.9 Å². The summed E-state index contributed by atoms with van der Waals surface area (Å²) >= 11 is 2.37. The number of thioether (sulfide) groups is 1. The van der Waals surface area contributed by atoms with Crippen LogP contribution in [0.1, 0.15) is 5.69 Å². The Bertz CT molecular complexity index is 883. The number of carbonyl (C=O) groups excluding carboxylic acids is 2. The zero-order chi connectivity index (χ0) is 19.0. The Labute approximate surface area is 171 Å². The number of oxime groups is 1. The molecule has 0 radical (unpaired) electrons. The Morgan fingerprint density at radius 3 is 2.55 bits per heavy atom. The minimum absolute atomic E-state index is 0. The molecule has 15 heteroatoms. The van der Waals surface area contributed by atoms with Crippen LogP contribution in [-0.2, 0) is 14.4 Å². The molecule has 0 spiro atoms. The summed E-state index contributed by atoms with van der Waals surface area (Å²) in [5, 5.41) is 24.9. The van der Waals surface area contributed by atoms with Crippen LogP contribution in [0.3, 0.4) is 0 Å². The van der Waals surface area contributed by atoms with Gasteiger partial charge in [0, 0.05) is 11.1 Å². The van der Waals surface area contributed by atoms with Crippen LogP contribution in [0.4, 0.5) is 5.13 Å². The first-order valence-electron chi connectivity index (χ1n) is 7.16. The van der Waals surface area contributed by atoms with E-state index in [-0.39, 0.29) is 38.7 Å². The maximum atomic E-state index is 12.4. The van der Waals surface area contributed by atoms with Gasteiger partial charge in [0.05, 0.1) is 0 Å². The predicted molar refractivity (Wildman–Crippen MR) is 106 cm³/mol. The molecule has 160 valence electrons. The summed E-state index contributed by atoms with van der Waals surface area (Å²) in [7, 11) is 0. The van der Waals surface area contributed by atoms with Gasteiger partial charge in [-0.2, -0.15) is 0 Å². The van der Waals surface area contributed by atoms with Crippen LogP contribution < -0.4 is 11.1 Å². The van der Waals surface area contributed by atoms with Crippen molar-refractivity contribution in [2.45, 2.75) is 11.4 Å². The second-order valence-corrected chi connectivity index (χ2v) is 7.26. The second kappa shape index (κ2) is 9.99. The first-order chi connectivity index (χ1) is 12.4. The summed E-state index contributed by atoms with van der Waals surface area (Å²) < 4.78 is 0.